The Balaban J connectivity index is 0.00000225. The van der Waals surface area contributed by atoms with Crippen LogP contribution in [0.2, 0.25) is 0 Å². The van der Waals surface area contributed by atoms with E-state index in [9.17, 15) is 4.79 Å². The van der Waals surface area contributed by atoms with Crippen LogP contribution in [0.1, 0.15) is 18.1 Å². The first kappa shape index (κ1) is 26.2. The normalized spacial score (nSPS) is 15.8. The highest BCUT2D eigenvalue weighted by atomic mass is 35.5. The van der Waals surface area contributed by atoms with E-state index >= 15 is 0 Å². The summed E-state index contributed by atoms with van der Waals surface area (Å²) in [6, 6.07) is 17.2. The van der Waals surface area contributed by atoms with Crippen LogP contribution in [-0.2, 0) is 21.6 Å². The number of carbonyl (C=O) groups excluding carboxylic acids is 1. The number of nitrogens with zero attached hydrogens (tertiary/aromatic N) is 1. The SMILES string of the molecule is CC(N)(C(=O)NCc1ccccc1OCCN1CCOCC1)c1ccccc1.Cl.Cl. The fraction of sp³-hybridized carbons (Fsp3) is 0.409. The average Bonchev–Trinajstić information content (AvgIpc) is 2.74. The maximum atomic E-state index is 12.7. The number of hydrogen-bond donors (Lipinski definition) is 2. The summed E-state index contributed by atoms with van der Waals surface area (Å²) in [5, 5.41) is 2.95. The van der Waals surface area contributed by atoms with Crippen LogP contribution in [0.4, 0.5) is 0 Å². The van der Waals surface area contributed by atoms with E-state index in [2.05, 4.69) is 10.2 Å². The van der Waals surface area contributed by atoms with Gasteiger partial charge in [-0.05, 0) is 18.6 Å². The van der Waals surface area contributed by atoms with Gasteiger partial charge in [-0.1, -0.05) is 48.5 Å². The molecule has 30 heavy (non-hydrogen) atoms. The van der Waals surface area contributed by atoms with Crippen molar-refractivity contribution in [3.8, 4) is 5.75 Å². The molecule has 166 valence electrons. The summed E-state index contributed by atoms with van der Waals surface area (Å²) < 4.78 is 11.3. The Morgan fingerprint density at radius 2 is 1.73 bits per heavy atom. The molecule has 1 aliphatic rings. The van der Waals surface area contributed by atoms with Crippen LogP contribution in [0.5, 0.6) is 5.75 Å². The van der Waals surface area contributed by atoms with E-state index in [1.54, 1.807) is 6.92 Å². The number of nitrogens with two attached hydrogens (primary N) is 1. The third-order valence-corrected chi connectivity index (χ3v) is 5.03. The molecule has 2 aromatic carbocycles. The second-order valence-corrected chi connectivity index (χ2v) is 7.16. The van der Waals surface area contributed by atoms with Crippen molar-refractivity contribution in [3.63, 3.8) is 0 Å². The minimum atomic E-state index is -1.09. The van der Waals surface area contributed by atoms with Gasteiger partial charge in [-0.15, -0.1) is 24.8 Å². The molecule has 0 bridgehead atoms. The van der Waals surface area contributed by atoms with Gasteiger partial charge in [0.05, 0.1) is 13.2 Å². The Hall–Kier alpha value is -1.83. The first-order chi connectivity index (χ1) is 13.6. The van der Waals surface area contributed by atoms with E-state index in [1.807, 2.05) is 54.6 Å². The number of halogens is 2. The average molecular weight is 456 g/mol. The lowest BCUT2D eigenvalue weighted by Gasteiger charge is -2.26. The maximum absolute atomic E-state index is 12.7. The zero-order chi connectivity index (χ0) is 19.8. The molecule has 6 nitrogen and oxygen atoms in total. The van der Waals surface area contributed by atoms with Crippen LogP contribution in [-0.4, -0.2) is 50.3 Å². The Morgan fingerprint density at radius 3 is 2.43 bits per heavy atom. The van der Waals surface area contributed by atoms with E-state index in [1.165, 1.54) is 0 Å². The van der Waals surface area contributed by atoms with E-state index in [0.29, 0.717) is 13.2 Å². The number of amides is 1. The molecule has 3 rings (SSSR count). The molecule has 1 saturated heterocycles. The van der Waals surface area contributed by atoms with Crippen LogP contribution in [0.15, 0.2) is 54.6 Å². The molecule has 0 spiro atoms. The first-order valence-electron chi connectivity index (χ1n) is 9.71. The lowest BCUT2D eigenvalue weighted by molar-refractivity contribution is -0.126. The molecule has 1 aliphatic heterocycles. The molecule has 1 amide bonds. The van der Waals surface area contributed by atoms with Crippen LogP contribution in [0.25, 0.3) is 0 Å². The van der Waals surface area contributed by atoms with E-state index in [0.717, 1.165) is 49.7 Å². The van der Waals surface area contributed by atoms with Gasteiger partial charge in [-0.3, -0.25) is 9.69 Å². The van der Waals surface area contributed by atoms with Crippen LogP contribution in [0.3, 0.4) is 0 Å². The first-order valence-corrected chi connectivity index (χ1v) is 9.71. The Morgan fingerprint density at radius 1 is 1.10 bits per heavy atom. The number of benzene rings is 2. The molecule has 3 N–H and O–H groups in total. The molecular formula is C22H31Cl2N3O3. The number of morpholine rings is 1. The standard InChI is InChI=1S/C22H29N3O3.2ClH/c1-22(23,19-8-3-2-4-9-19)21(26)24-17-18-7-5-6-10-20(18)28-16-13-25-11-14-27-15-12-25;;/h2-10H,11-17,23H2,1H3,(H,24,26);2*1H. The summed E-state index contributed by atoms with van der Waals surface area (Å²) in [5.74, 6) is 0.566. The molecule has 0 aliphatic carbocycles. The number of rotatable bonds is 8. The van der Waals surface area contributed by atoms with Crippen molar-refractivity contribution in [2.75, 3.05) is 39.5 Å². The molecule has 2 aromatic rings. The van der Waals surface area contributed by atoms with Crippen LogP contribution < -0.4 is 15.8 Å². The van der Waals surface area contributed by atoms with E-state index in [4.69, 9.17) is 15.2 Å². The summed E-state index contributed by atoms with van der Waals surface area (Å²) in [5.41, 5.74) is 6.91. The molecular weight excluding hydrogens is 425 g/mol. The van der Waals surface area contributed by atoms with Crippen LogP contribution in [0, 0.1) is 0 Å². The summed E-state index contributed by atoms with van der Waals surface area (Å²) in [6.07, 6.45) is 0. The van der Waals surface area contributed by atoms with Crippen molar-refractivity contribution >= 4 is 30.7 Å². The Kier molecular flexibility index (Phi) is 11.2. The van der Waals surface area contributed by atoms with Gasteiger partial charge >= 0.3 is 0 Å². The van der Waals surface area contributed by atoms with E-state index < -0.39 is 5.54 Å². The number of carbonyl (C=O) groups is 1. The Labute approximate surface area is 190 Å². The number of hydrogen-bond acceptors (Lipinski definition) is 5. The molecule has 0 saturated carbocycles. The molecule has 1 atom stereocenters. The van der Waals surface area contributed by atoms with Crippen molar-refractivity contribution in [3.05, 3.63) is 65.7 Å². The van der Waals surface area contributed by atoms with Gasteiger partial charge in [-0.25, -0.2) is 0 Å². The fourth-order valence-electron chi connectivity index (χ4n) is 3.17. The van der Waals surface area contributed by atoms with Crippen LogP contribution >= 0.6 is 24.8 Å². The largest absolute Gasteiger partial charge is 0.492 e. The minimum absolute atomic E-state index is 0. The highest BCUT2D eigenvalue weighted by Crippen LogP contribution is 2.20. The zero-order valence-electron chi connectivity index (χ0n) is 17.2. The van der Waals surface area contributed by atoms with Gasteiger partial charge in [0.2, 0.25) is 5.91 Å². The molecule has 1 fully saturated rings. The maximum Gasteiger partial charge on any atom is 0.244 e. The summed E-state index contributed by atoms with van der Waals surface area (Å²) in [6.45, 7) is 6.99. The summed E-state index contributed by atoms with van der Waals surface area (Å²) in [7, 11) is 0. The predicted molar refractivity (Wildman–Crippen MR) is 124 cm³/mol. The number of ether oxygens (including phenoxy) is 2. The van der Waals surface area contributed by atoms with Gasteiger partial charge in [0.15, 0.2) is 0 Å². The molecule has 0 radical (unpaired) electrons. The smallest absolute Gasteiger partial charge is 0.244 e. The molecule has 1 unspecified atom stereocenters. The second kappa shape index (κ2) is 12.8. The lowest BCUT2D eigenvalue weighted by Crippen LogP contribution is -2.48. The predicted octanol–water partition coefficient (Wildman–Crippen LogP) is 2.73. The van der Waals surface area contributed by atoms with Crippen molar-refractivity contribution in [1.29, 1.82) is 0 Å². The zero-order valence-corrected chi connectivity index (χ0v) is 18.8. The second-order valence-electron chi connectivity index (χ2n) is 7.16. The van der Waals surface area contributed by atoms with Crippen molar-refractivity contribution in [2.24, 2.45) is 5.73 Å². The van der Waals surface area contributed by atoms with Gasteiger partial charge in [0.1, 0.15) is 17.9 Å². The number of para-hydroxylation sites is 1. The lowest BCUT2D eigenvalue weighted by atomic mass is 9.92. The van der Waals surface area contributed by atoms with Crippen molar-refractivity contribution in [2.45, 2.75) is 19.0 Å². The molecule has 0 aromatic heterocycles. The Bertz CT molecular complexity index is 769. The summed E-state index contributed by atoms with van der Waals surface area (Å²) >= 11 is 0. The highest BCUT2D eigenvalue weighted by molar-refractivity contribution is 5.87. The molecule has 1 heterocycles. The minimum Gasteiger partial charge on any atom is -0.492 e. The third kappa shape index (κ3) is 7.15. The monoisotopic (exact) mass is 455 g/mol. The third-order valence-electron chi connectivity index (χ3n) is 5.03. The van der Waals surface area contributed by atoms with Gasteiger partial charge in [0.25, 0.3) is 0 Å². The summed E-state index contributed by atoms with van der Waals surface area (Å²) in [4.78, 5) is 15.0. The van der Waals surface area contributed by atoms with Crippen molar-refractivity contribution in [1.82, 2.24) is 10.2 Å². The molecule has 8 heteroatoms. The number of nitrogens with one attached hydrogen (secondary N) is 1. The van der Waals surface area contributed by atoms with Gasteiger partial charge in [0, 0.05) is 31.7 Å². The fourth-order valence-corrected chi connectivity index (χ4v) is 3.17. The van der Waals surface area contributed by atoms with Gasteiger partial charge < -0.3 is 20.5 Å². The topological polar surface area (TPSA) is 76.8 Å². The highest BCUT2D eigenvalue weighted by Gasteiger charge is 2.30. The van der Waals surface area contributed by atoms with Crippen molar-refractivity contribution < 1.29 is 14.3 Å². The van der Waals surface area contributed by atoms with E-state index in [-0.39, 0.29) is 30.7 Å². The van der Waals surface area contributed by atoms with Gasteiger partial charge in [-0.2, -0.15) is 0 Å². The quantitative estimate of drug-likeness (QED) is 0.639.